The van der Waals surface area contributed by atoms with Crippen LogP contribution in [0.1, 0.15) is 10.4 Å². The molecule has 0 unspecified atom stereocenters. The summed E-state index contributed by atoms with van der Waals surface area (Å²) in [6.45, 7) is 0. The Morgan fingerprint density at radius 2 is 1.81 bits per heavy atom. The first-order valence-corrected chi connectivity index (χ1v) is 7.00. The topological polar surface area (TPSA) is 78.4 Å². The summed E-state index contributed by atoms with van der Waals surface area (Å²) in [4.78, 5) is 22.7. The largest absolute Gasteiger partial charge is 0.478 e. The molecule has 0 saturated heterocycles. The van der Waals surface area contributed by atoms with Crippen molar-refractivity contribution in [3.8, 4) is 0 Å². The van der Waals surface area contributed by atoms with E-state index in [1.807, 2.05) is 6.07 Å². The molecule has 5 nitrogen and oxygen atoms in total. The van der Waals surface area contributed by atoms with Crippen LogP contribution in [-0.2, 0) is 0 Å². The molecule has 108 valence electrons. The van der Waals surface area contributed by atoms with Crippen molar-refractivity contribution in [3.63, 3.8) is 0 Å². The predicted octanol–water partition coefficient (Wildman–Crippen LogP) is 4.44. The number of hydrogen-bond donors (Lipinski definition) is 3. The Kier molecular flexibility index (Phi) is 4.82. The number of nitrogens with one attached hydrogen (secondary N) is 2. The molecule has 2 rings (SSSR count). The van der Waals surface area contributed by atoms with Crippen molar-refractivity contribution in [2.75, 3.05) is 10.6 Å². The second kappa shape index (κ2) is 6.60. The monoisotopic (exact) mass is 368 g/mol. The lowest BCUT2D eigenvalue weighted by molar-refractivity contribution is 0.0697. The number of urea groups is 1. The second-order valence-corrected chi connectivity index (χ2v) is 5.32. The van der Waals surface area contributed by atoms with Crippen molar-refractivity contribution in [1.82, 2.24) is 0 Å². The van der Waals surface area contributed by atoms with Crippen LogP contribution in [0.15, 0.2) is 46.9 Å². The lowest BCUT2D eigenvalue weighted by Crippen LogP contribution is -2.19. The van der Waals surface area contributed by atoms with Crippen LogP contribution in [0.3, 0.4) is 0 Å². The zero-order valence-corrected chi connectivity index (χ0v) is 12.9. The highest BCUT2D eigenvalue weighted by molar-refractivity contribution is 9.10. The van der Waals surface area contributed by atoms with Gasteiger partial charge in [0.15, 0.2) is 0 Å². The molecule has 21 heavy (non-hydrogen) atoms. The number of halogens is 2. The minimum Gasteiger partial charge on any atom is -0.478 e. The third-order valence-electron chi connectivity index (χ3n) is 2.58. The maximum atomic E-state index is 11.9. The number of aromatic carboxylic acids is 1. The van der Waals surface area contributed by atoms with Crippen molar-refractivity contribution in [1.29, 1.82) is 0 Å². The molecule has 0 aliphatic rings. The Hall–Kier alpha value is -2.05. The van der Waals surface area contributed by atoms with Gasteiger partial charge in [-0.05, 0) is 46.3 Å². The highest BCUT2D eigenvalue weighted by Gasteiger charge is 2.10. The maximum Gasteiger partial charge on any atom is 0.337 e. The van der Waals surface area contributed by atoms with Crippen LogP contribution in [-0.4, -0.2) is 17.1 Å². The van der Waals surface area contributed by atoms with Crippen LogP contribution in [0.25, 0.3) is 0 Å². The van der Waals surface area contributed by atoms with Gasteiger partial charge in [-0.25, -0.2) is 9.59 Å². The Bertz CT molecular complexity index is 706. The van der Waals surface area contributed by atoms with E-state index in [2.05, 4.69) is 26.6 Å². The van der Waals surface area contributed by atoms with Crippen molar-refractivity contribution >= 4 is 50.9 Å². The van der Waals surface area contributed by atoms with Crippen molar-refractivity contribution in [2.45, 2.75) is 0 Å². The van der Waals surface area contributed by atoms with E-state index in [1.165, 1.54) is 18.2 Å². The minimum atomic E-state index is -1.12. The Morgan fingerprint density at radius 1 is 1.10 bits per heavy atom. The number of carbonyl (C=O) groups excluding carboxylic acids is 1. The van der Waals surface area contributed by atoms with Gasteiger partial charge in [0, 0.05) is 10.2 Å². The highest BCUT2D eigenvalue weighted by Crippen LogP contribution is 2.23. The van der Waals surface area contributed by atoms with E-state index in [9.17, 15) is 9.59 Å². The van der Waals surface area contributed by atoms with Gasteiger partial charge in [-0.3, -0.25) is 0 Å². The lowest BCUT2D eigenvalue weighted by atomic mass is 10.2. The molecule has 3 N–H and O–H groups in total. The fraction of sp³-hybridized carbons (Fsp3) is 0. The number of amides is 2. The van der Waals surface area contributed by atoms with E-state index in [1.54, 1.807) is 18.2 Å². The first-order chi connectivity index (χ1) is 9.97. The van der Waals surface area contributed by atoms with Gasteiger partial charge in [0.05, 0.1) is 16.3 Å². The van der Waals surface area contributed by atoms with Gasteiger partial charge in [0.1, 0.15) is 0 Å². The number of carboxylic acid groups (broad SMARTS) is 1. The van der Waals surface area contributed by atoms with Crippen LogP contribution < -0.4 is 10.6 Å². The standard InChI is InChI=1S/C14H10BrClN2O3/c15-10-3-1-2-4-12(10)18-14(21)17-8-5-6-9(13(19)20)11(16)7-8/h1-7H,(H,19,20)(H2,17,18,21). The average Bonchev–Trinajstić information content (AvgIpc) is 2.41. The molecular formula is C14H10BrClN2O3. The van der Waals surface area contributed by atoms with E-state index in [0.29, 0.717) is 11.4 Å². The van der Waals surface area contributed by atoms with E-state index < -0.39 is 12.0 Å². The third-order valence-corrected chi connectivity index (χ3v) is 3.58. The molecule has 0 fully saturated rings. The molecule has 0 atom stereocenters. The smallest absolute Gasteiger partial charge is 0.337 e. The molecule has 0 saturated carbocycles. The average molecular weight is 370 g/mol. The first-order valence-electron chi connectivity index (χ1n) is 5.83. The molecule has 0 aromatic heterocycles. The number of benzene rings is 2. The summed E-state index contributed by atoms with van der Waals surface area (Å²) in [6, 6.07) is 10.9. The fourth-order valence-corrected chi connectivity index (χ4v) is 2.26. The van der Waals surface area contributed by atoms with E-state index in [4.69, 9.17) is 16.7 Å². The minimum absolute atomic E-state index is 0.0200. The van der Waals surface area contributed by atoms with Gasteiger partial charge < -0.3 is 15.7 Å². The van der Waals surface area contributed by atoms with Gasteiger partial charge in [0.25, 0.3) is 0 Å². The molecule has 7 heteroatoms. The van der Waals surface area contributed by atoms with Gasteiger partial charge in [-0.15, -0.1) is 0 Å². The summed E-state index contributed by atoms with van der Waals surface area (Å²) in [6.07, 6.45) is 0. The molecule has 2 aromatic carbocycles. The molecular weight excluding hydrogens is 360 g/mol. The number of para-hydroxylation sites is 1. The predicted molar refractivity (Wildman–Crippen MR) is 85.2 cm³/mol. The van der Waals surface area contributed by atoms with Crippen LogP contribution in [0.4, 0.5) is 16.2 Å². The quantitative estimate of drug-likeness (QED) is 0.748. The van der Waals surface area contributed by atoms with E-state index in [0.717, 1.165) is 4.47 Å². The maximum absolute atomic E-state index is 11.9. The third kappa shape index (κ3) is 3.96. The molecule has 0 bridgehead atoms. The number of carboxylic acids is 1. The van der Waals surface area contributed by atoms with Gasteiger partial charge in [0.2, 0.25) is 0 Å². The number of hydrogen-bond acceptors (Lipinski definition) is 2. The van der Waals surface area contributed by atoms with Crippen molar-refractivity contribution in [2.24, 2.45) is 0 Å². The number of anilines is 2. The molecule has 0 aliphatic heterocycles. The SMILES string of the molecule is O=C(Nc1ccc(C(=O)O)c(Cl)c1)Nc1ccccc1Br. The Morgan fingerprint density at radius 3 is 2.43 bits per heavy atom. The Balaban J connectivity index is 2.08. The first kappa shape index (κ1) is 15.3. The van der Waals surface area contributed by atoms with Crippen molar-refractivity contribution < 1.29 is 14.7 Å². The molecule has 2 aromatic rings. The second-order valence-electron chi connectivity index (χ2n) is 4.06. The summed E-state index contributed by atoms with van der Waals surface area (Å²) in [5.74, 6) is -1.12. The molecule has 2 amide bonds. The van der Waals surface area contributed by atoms with Gasteiger partial charge in [-0.1, -0.05) is 23.7 Å². The molecule has 0 spiro atoms. The lowest BCUT2D eigenvalue weighted by Gasteiger charge is -2.09. The van der Waals surface area contributed by atoms with Gasteiger partial charge in [-0.2, -0.15) is 0 Å². The van der Waals surface area contributed by atoms with Crippen LogP contribution in [0.5, 0.6) is 0 Å². The summed E-state index contributed by atoms with van der Waals surface area (Å²) >= 11 is 9.15. The van der Waals surface area contributed by atoms with E-state index in [-0.39, 0.29) is 10.6 Å². The summed E-state index contributed by atoms with van der Waals surface area (Å²) in [5.41, 5.74) is 0.992. The summed E-state index contributed by atoms with van der Waals surface area (Å²) in [5, 5.41) is 14.2. The number of carbonyl (C=O) groups is 2. The van der Waals surface area contributed by atoms with Crippen molar-refractivity contribution in [3.05, 3.63) is 57.5 Å². The normalized spacial score (nSPS) is 10.0. The molecule has 0 aliphatic carbocycles. The fourth-order valence-electron chi connectivity index (χ4n) is 1.61. The van der Waals surface area contributed by atoms with Crippen LogP contribution in [0.2, 0.25) is 5.02 Å². The molecule has 0 radical (unpaired) electrons. The Labute approximate surface area is 134 Å². The summed E-state index contributed by atoms with van der Waals surface area (Å²) < 4.78 is 0.749. The summed E-state index contributed by atoms with van der Waals surface area (Å²) in [7, 11) is 0. The zero-order chi connectivity index (χ0) is 15.4. The van der Waals surface area contributed by atoms with Gasteiger partial charge >= 0.3 is 12.0 Å². The number of rotatable bonds is 3. The highest BCUT2D eigenvalue weighted by atomic mass is 79.9. The van der Waals surface area contributed by atoms with Crippen LogP contribution >= 0.6 is 27.5 Å². The molecule has 0 heterocycles. The van der Waals surface area contributed by atoms with Crippen LogP contribution in [0, 0.1) is 0 Å². The van der Waals surface area contributed by atoms with E-state index >= 15 is 0 Å². The zero-order valence-electron chi connectivity index (χ0n) is 10.6.